The number of hydrogen-bond donors (Lipinski definition) is 3. The maximum Gasteiger partial charge on any atom is 0.223 e. The second-order valence-corrected chi connectivity index (χ2v) is 7.67. The molecule has 7 heteroatoms. The number of benzene rings is 1. The summed E-state index contributed by atoms with van der Waals surface area (Å²) in [6, 6.07) is 11.6. The van der Waals surface area contributed by atoms with Gasteiger partial charge >= 0.3 is 0 Å². The van der Waals surface area contributed by atoms with Gasteiger partial charge in [-0.25, -0.2) is 0 Å². The molecular weight excluding hydrogens is 465 g/mol. The van der Waals surface area contributed by atoms with E-state index in [4.69, 9.17) is 0 Å². The van der Waals surface area contributed by atoms with E-state index in [1.807, 2.05) is 0 Å². The zero-order valence-electron chi connectivity index (χ0n) is 17.0. The zero-order valence-corrected chi connectivity index (χ0v) is 19.3. The van der Waals surface area contributed by atoms with Gasteiger partial charge in [0.15, 0.2) is 5.96 Å². The molecule has 1 aromatic carbocycles. The quantitative estimate of drug-likeness (QED) is 0.222. The average Bonchev–Trinajstić information content (AvgIpc) is 3.45. The van der Waals surface area contributed by atoms with Gasteiger partial charge in [0.05, 0.1) is 6.54 Å². The minimum Gasteiger partial charge on any atom is -0.357 e. The molecule has 156 valence electrons. The van der Waals surface area contributed by atoms with Crippen LogP contribution in [0.1, 0.15) is 38.7 Å². The van der Waals surface area contributed by atoms with Crippen molar-refractivity contribution >= 4 is 35.8 Å². The summed E-state index contributed by atoms with van der Waals surface area (Å²) in [5.41, 5.74) is 1.36. The van der Waals surface area contributed by atoms with Gasteiger partial charge in [0.2, 0.25) is 5.91 Å². The fraction of sp³-hybridized carbons (Fsp3) is 0.619. The molecule has 6 nitrogen and oxygen atoms in total. The molecule has 2 atom stereocenters. The van der Waals surface area contributed by atoms with Crippen LogP contribution in [-0.2, 0) is 11.3 Å². The lowest BCUT2D eigenvalue weighted by Gasteiger charge is -2.21. The fourth-order valence-corrected chi connectivity index (χ4v) is 3.59. The number of rotatable bonds is 8. The summed E-state index contributed by atoms with van der Waals surface area (Å²) in [6.07, 6.45) is 3.19. The van der Waals surface area contributed by atoms with Gasteiger partial charge in [-0.05, 0) is 38.7 Å². The third-order valence-electron chi connectivity index (χ3n) is 5.25. The molecule has 28 heavy (non-hydrogen) atoms. The molecule has 1 aliphatic carbocycles. The van der Waals surface area contributed by atoms with E-state index in [2.05, 4.69) is 70.0 Å². The van der Waals surface area contributed by atoms with Crippen LogP contribution in [0.15, 0.2) is 35.3 Å². The van der Waals surface area contributed by atoms with Gasteiger partial charge in [0.1, 0.15) is 0 Å². The molecule has 2 aliphatic rings. The van der Waals surface area contributed by atoms with Crippen molar-refractivity contribution in [2.45, 2.75) is 51.7 Å². The third-order valence-corrected chi connectivity index (χ3v) is 5.25. The van der Waals surface area contributed by atoms with Crippen LogP contribution in [0.4, 0.5) is 0 Å². The monoisotopic (exact) mass is 499 g/mol. The lowest BCUT2D eigenvalue weighted by Crippen LogP contribution is -2.45. The lowest BCUT2D eigenvalue weighted by molar-refractivity contribution is -0.122. The first kappa shape index (κ1) is 22.9. The Morgan fingerprint density at radius 2 is 1.96 bits per heavy atom. The highest BCUT2D eigenvalue weighted by Gasteiger charge is 2.30. The van der Waals surface area contributed by atoms with Gasteiger partial charge < -0.3 is 16.0 Å². The normalized spacial score (nSPS) is 22.4. The standard InChI is InChI=1S/C21H33N5O.HI/c1-3-22-21(24-12-11-23-20(27)18-9-10-18)25-19-13-16(2)26(15-19)14-17-7-5-4-6-8-17;/h4-8,16,18-19H,3,9-15H2,1-2H3,(H,23,27)(H2,22,24,25);1H. The number of hydrogen-bond acceptors (Lipinski definition) is 3. The highest BCUT2D eigenvalue weighted by molar-refractivity contribution is 14.0. The molecule has 1 aliphatic heterocycles. The lowest BCUT2D eigenvalue weighted by atomic mass is 10.2. The van der Waals surface area contributed by atoms with Crippen molar-refractivity contribution in [1.82, 2.24) is 20.9 Å². The fourth-order valence-electron chi connectivity index (χ4n) is 3.59. The largest absolute Gasteiger partial charge is 0.357 e. The van der Waals surface area contributed by atoms with E-state index in [1.165, 1.54) is 5.56 Å². The van der Waals surface area contributed by atoms with Crippen LogP contribution >= 0.6 is 24.0 Å². The minimum atomic E-state index is 0. The highest BCUT2D eigenvalue weighted by Crippen LogP contribution is 2.28. The van der Waals surface area contributed by atoms with Crippen LogP contribution < -0.4 is 16.0 Å². The van der Waals surface area contributed by atoms with E-state index in [9.17, 15) is 4.79 Å². The zero-order chi connectivity index (χ0) is 19.1. The molecule has 3 N–H and O–H groups in total. The van der Waals surface area contributed by atoms with Crippen molar-refractivity contribution in [3.05, 3.63) is 35.9 Å². The molecule has 1 heterocycles. The number of halogens is 1. The second-order valence-electron chi connectivity index (χ2n) is 7.67. The number of aliphatic imine (C=N–C) groups is 1. The van der Waals surface area contributed by atoms with Crippen LogP contribution in [0.2, 0.25) is 0 Å². The van der Waals surface area contributed by atoms with Crippen molar-refractivity contribution in [2.24, 2.45) is 10.9 Å². The summed E-state index contributed by atoms with van der Waals surface area (Å²) < 4.78 is 0. The van der Waals surface area contributed by atoms with Gasteiger partial charge in [-0.15, -0.1) is 24.0 Å². The summed E-state index contributed by atoms with van der Waals surface area (Å²) in [4.78, 5) is 18.8. The third kappa shape index (κ3) is 7.24. The van der Waals surface area contributed by atoms with E-state index in [1.54, 1.807) is 0 Å². The molecule has 1 amide bonds. The number of guanidine groups is 1. The van der Waals surface area contributed by atoms with Crippen molar-refractivity contribution in [3.8, 4) is 0 Å². The SMILES string of the molecule is CCNC(=NCCNC(=O)C1CC1)NC1CC(C)N(Cc2ccccc2)C1.I. The van der Waals surface area contributed by atoms with Crippen molar-refractivity contribution in [1.29, 1.82) is 0 Å². The van der Waals surface area contributed by atoms with Crippen LogP contribution in [0.5, 0.6) is 0 Å². The minimum absolute atomic E-state index is 0. The number of carbonyl (C=O) groups excluding carboxylic acids is 1. The first-order valence-electron chi connectivity index (χ1n) is 10.3. The van der Waals surface area contributed by atoms with Crippen molar-refractivity contribution in [2.75, 3.05) is 26.2 Å². The molecule has 0 bridgehead atoms. The van der Waals surface area contributed by atoms with Gasteiger partial charge in [-0.2, -0.15) is 0 Å². The van der Waals surface area contributed by atoms with E-state index < -0.39 is 0 Å². The summed E-state index contributed by atoms with van der Waals surface area (Å²) in [6.45, 7) is 8.40. The van der Waals surface area contributed by atoms with Crippen molar-refractivity contribution in [3.63, 3.8) is 0 Å². The Bertz CT molecular complexity index is 635. The first-order valence-corrected chi connectivity index (χ1v) is 10.3. The Labute approximate surface area is 186 Å². The van der Waals surface area contributed by atoms with E-state index >= 15 is 0 Å². The predicted octanol–water partition coefficient (Wildman–Crippen LogP) is 2.35. The van der Waals surface area contributed by atoms with Gasteiger partial charge in [0.25, 0.3) is 0 Å². The number of nitrogens with one attached hydrogen (secondary N) is 3. The summed E-state index contributed by atoms with van der Waals surface area (Å²) in [5.74, 6) is 1.29. The van der Waals surface area contributed by atoms with E-state index in [0.29, 0.717) is 25.2 Å². The average molecular weight is 499 g/mol. The molecule has 1 saturated carbocycles. The van der Waals surface area contributed by atoms with Gasteiger partial charge in [-0.3, -0.25) is 14.7 Å². The first-order chi connectivity index (χ1) is 13.2. The molecule has 2 unspecified atom stereocenters. The molecule has 3 rings (SSSR count). The maximum absolute atomic E-state index is 11.7. The molecular formula is C21H34IN5O. The predicted molar refractivity (Wildman–Crippen MR) is 125 cm³/mol. The highest BCUT2D eigenvalue weighted by atomic mass is 127. The topological polar surface area (TPSA) is 68.8 Å². The summed E-state index contributed by atoms with van der Waals surface area (Å²) in [5, 5.41) is 9.86. The van der Waals surface area contributed by atoms with Crippen LogP contribution in [-0.4, -0.2) is 55.0 Å². The molecule has 0 radical (unpaired) electrons. The van der Waals surface area contributed by atoms with Crippen molar-refractivity contribution < 1.29 is 4.79 Å². The molecule has 1 saturated heterocycles. The van der Waals surface area contributed by atoms with Gasteiger partial charge in [-0.1, -0.05) is 30.3 Å². The number of amides is 1. The van der Waals surface area contributed by atoms with Crippen LogP contribution in [0.25, 0.3) is 0 Å². The van der Waals surface area contributed by atoms with Crippen LogP contribution in [0, 0.1) is 5.92 Å². The maximum atomic E-state index is 11.7. The van der Waals surface area contributed by atoms with Crippen LogP contribution in [0.3, 0.4) is 0 Å². The Morgan fingerprint density at radius 1 is 1.21 bits per heavy atom. The Kier molecular flexibility index (Phi) is 9.50. The number of likely N-dealkylation sites (tertiary alicyclic amines) is 1. The summed E-state index contributed by atoms with van der Waals surface area (Å²) >= 11 is 0. The number of nitrogens with zero attached hydrogens (tertiary/aromatic N) is 2. The Balaban J connectivity index is 0.00000280. The molecule has 0 aromatic heterocycles. The van der Waals surface area contributed by atoms with E-state index in [0.717, 1.165) is 44.9 Å². The Hall–Kier alpha value is -1.35. The molecule has 1 aromatic rings. The smallest absolute Gasteiger partial charge is 0.223 e. The Morgan fingerprint density at radius 3 is 2.64 bits per heavy atom. The second kappa shape index (κ2) is 11.6. The van der Waals surface area contributed by atoms with E-state index in [-0.39, 0.29) is 35.8 Å². The van der Waals surface area contributed by atoms with Gasteiger partial charge in [0, 0.05) is 44.2 Å². The number of carbonyl (C=O) groups is 1. The molecule has 2 fully saturated rings. The molecule has 0 spiro atoms. The summed E-state index contributed by atoms with van der Waals surface area (Å²) in [7, 11) is 0.